The molecule has 7 heteroatoms. The molecule has 0 amide bonds. The molecule has 0 bridgehead atoms. The van der Waals surface area contributed by atoms with Crippen LogP contribution in [0, 0.1) is 5.82 Å². The van der Waals surface area contributed by atoms with Crippen LogP contribution in [-0.2, 0) is 11.2 Å². The summed E-state index contributed by atoms with van der Waals surface area (Å²) in [7, 11) is 2.95. The predicted molar refractivity (Wildman–Crippen MR) is 134 cm³/mol. The van der Waals surface area contributed by atoms with Crippen LogP contribution in [0.1, 0.15) is 40.4 Å². The second-order valence-corrected chi connectivity index (χ2v) is 8.27. The number of aliphatic carboxylic acids is 1. The molecule has 0 radical (unpaired) electrons. The molecule has 1 aliphatic rings. The first-order valence-electron chi connectivity index (χ1n) is 11.3. The number of rotatable bonds is 8. The smallest absolute Gasteiger partial charge is 0.343 e. The minimum Gasteiger partial charge on any atom is -0.493 e. The normalized spacial score (nSPS) is 13.5. The zero-order valence-electron chi connectivity index (χ0n) is 20.1. The maximum Gasteiger partial charge on any atom is 0.343 e. The van der Waals surface area contributed by atoms with E-state index in [1.807, 2.05) is 19.1 Å². The molecule has 1 N–H and O–H groups in total. The summed E-state index contributed by atoms with van der Waals surface area (Å²) in [5, 5.41) is 9.35. The molecular formula is C29H25FO6. The fourth-order valence-electron chi connectivity index (χ4n) is 4.31. The van der Waals surface area contributed by atoms with Crippen molar-refractivity contribution in [1.82, 2.24) is 0 Å². The van der Waals surface area contributed by atoms with E-state index < -0.39 is 17.8 Å². The molecule has 0 saturated carbocycles. The lowest BCUT2D eigenvalue weighted by Gasteiger charge is -2.15. The third-order valence-corrected chi connectivity index (χ3v) is 6.05. The van der Waals surface area contributed by atoms with Crippen LogP contribution < -0.4 is 14.2 Å². The van der Waals surface area contributed by atoms with E-state index in [0.29, 0.717) is 34.6 Å². The topological polar surface area (TPSA) is 82.1 Å². The van der Waals surface area contributed by atoms with Crippen LogP contribution in [0.2, 0.25) is 0 Å². The summed E-state index contributed by atoms with van der Waals surface area (Å²) in [5.74, 6) is -1.09. The number of hydrogen-bond donors (Lipinski definition) is 1. The number of ether oxygens (including phenoxy) is 3. The number of carbonyl (C=O) groups is 2. The van der Waals surface area contributed by atoms with Gasteiger partial charge in [0.1, 0.15) is 5.82 Å². The van der Waals surface area contributed by atoms with Gasteiger partial charge in [-0.05, 0) is 83.2 Å². The van der Waals surface area contributed by atoms with Crippen LogP contribution in [-0.4, -0.2) is 31.3 Å². The molecule has 36 heavy (non-hydrogen) atoms. The lowest BCUT2D eigenvalue weighted by molar-refractivity contribution is -0.135. The van der Waals surface area contributed by atoms with Crippen molar-refractivity contribution in [1.29, 1.82) is 0 Å². The summed E-state index contributed by atoms with van der Waals surface area (Å²) in [6, 6.07) is 16.5. The molecule has 0 saturated heterocycles. The molecule has 0 aromatic heterocycles. The van der Waals surface area contributed by atoms with Crippen molar-refractivity contribution < 1.29 is 33.3 Å². The largest absolute Gasteiger partial charge is 0.493 e. The highest BCUT2D eigenvalue weighted by Gasteiger charge is 2.26. The van der Waals surface area contributed by atoms with Crippen LogP contribution in [0.5, 0.6) is 17.2 Å². The lowest BCUT2D eigenvalue weighted by atomic mass is 10.00. The first-order valence-corrected chi connectivity index (χ1v) is 11.3. The molecule has 3 aromatic rings. The second-order valence-electron chi connectivity index (χ2n) is 8.27. The Kier molecular flexibility index (Phi) is 7.20. The number of benzene rings is 3. The van der Waals surface area contributed by atoms with Gasteiger partial charge in [0.15, 0.2) is 11.5 Å². The first-order chi connectivity index (χ1) is 17.3. The van der Waals surface area contributed by atoms with Gasteiger partial charge in [0.2, 0.25) is 5.75 Å². The van der Waals surface area contributed by atoms with Crippen molar-refractivity contribution in [2.45, 2.75) is 19.8 Å². The van der Waals surface area contributed by atoms with Gasteiger partial charge in [0.05, 0.1) is 26.2 Å². The highest BCUT2D eigenvalue weighted by atomic mass is 19.1. The number of esters is 1. The number of fused-ring (bicyclic) bond motifs is 1. The highest BCUT2D eigenvalue weighted by molar-refractivity contribution is 6.03. The number of halogens is 1. The van der Waals surface area contributed by atoms with Gasteiger partial charge in [0.25, 0.3) is 0 Å². The van der Waals surface area contributed by atoms with Gasteiger partial charge in [-0.1, -0.05) is 30.3 Å². The van der Waals surface area contributed by atoms with Crippen LogP contribution in [0.4, 0.5) is 4.39 Å². The van der Waals surface area contributed by atoms with Crippen LogP contribution in [0.15, 0.2) is 72.3 Å². The van der Waals surface area contributed by atoms with Gasteiger partial charge in [0, 0.05) is 0 Å². The minimum absolute atomic E-state index is 0.173. The van der Waals surface area contributed by atoms with Crippen molar-refractivity contribution in [2.24, 2.45) is 0 Å². The first kappa shape index (κ1) is 24.7. The van der Waals surface area contributed by atoms with E-state index in [1.54, 1.807) is 42.5 Å². The molecule has 0 spiro atoms. The van der Waals surface area contributed by atoms with Crippen LogP contribution in [0.25, 0.3) is 11.1 Å². The number of carboxylic acid groups (broad SMARTS) is 1. The molecule has 6 nitrogen and oxygen atoms in total. The molecule has 0 unspecified atom stereocenters. The molecule has 0 aliphatic heterocycles. The van der Waals surface area contributed by atoms with Crippen LogP contribution in [0.3, 0.4) is 0 Å². The van der Waals surface area contributed by atoms with E-state index in [4.69, 9.17) is 14.2 Å². The van der Waals surface area contributed by atoms with Gasteiger partial charge < -0.3 is 19.3 Å². The van der Waals surface area contributed by atoms with Crippen molar-refractivity contribution in [3.63, 3.8) is 0 Å². The number of methoxy groups -OCH3 is 2. The number of allylic oxidation sites excluding steroid dienone is 3. The summed E-state index contributed by atoms with van der Waals surface area (Å²) in [6.07, 6.45) is 2.22. The number of carboxylic acids is 1. The average molecular weight is 489 g/mol. The van der Waals surface area contributed by atoms with E-state index in [9.17, 15) is 19.1 Å². The summed E-state index contributed by atoms with van der Waals surface area (Å²) < 4.78 is 30.5. The molecule has 0 fully saturated rings. The Morgan fingerprint density at radius 2 is 1.61 bits per heavy atom. The van der Waals surface area contributed by atoms with Gasteiger partial charge in [-0.3, -0.25) is 4.79 Å². The van der Waals surface area contributed by atoms with Crippen molar-refractivity contribution in [2.75, 3.05) is 14.2 Å². The summed E-state index contributed by atoms with van der Waals surface area (Å²) in [6.45, 7) is 1.84. The van der Waals surface area contributed by atoms with Gasteiger partial charge in [-0.15, -0.1) is 0 Å². The Balaban J connectivity index is 1.67. The molecule has 0 heterocycles. The molecule has 4 rings (SSSR count). The average Bonchev–Trinajstić information content (AvgIpc) is 3.12. The molecule has 0 atom stereocenters. The Labute approximate surface area is 208 Å². The second kappa shape index (κ2) is 10.5. The minimum atomic E-state index is -0.976. The van der Waals surface area contributed by atoms with Crippen molar-refractivity contribution >= 4 is 23.1 Å². The summed E-state index contributed by atoms with van der Waals surface area (Å²) >= 11 is 0. The van der Waals surface area contributed by atoms with Gasteiger partial charge >= 0.3 is 11.9 Å². The van der Waals surface area contributed by atoms with E-state index >= 15 is 0 Å². The zero-order chi connectivity index (χ0) is 25.8. The Morgan fingerprint density at radius 1 is 0.944 bits per heavy atom. The van der Waals surface area contributed by atoms with Crippen molar-refractivity contribution in [3.8, 4) is 17.2 Å². The van der Waals surface area contributed by atoms with E-state index in [-0.39, 0.29) is 12.2 Å². The SMILES string of the molecule is COc1cc(C/C=C2/C(C)=C(CC(=O)O)c3cc(F)ccc32)cc(OC)c1OC(=O)c1ccccc1. The third-order valence-electron chi connectivity index (χ3n) is 6.05. The van der Waals surface area contributed by atoms with Crippen molar-refractivity contribution in [3.05, 3.63) is 100 Å². The highest BCUT2D eigenvalue weighted by Crippen LogP contribution is 2.44. The maximum absolute atomic E-state index is 13.9. The van der Waals surface area contributed by atoms with Crippen LogP contribution >= 0.6 is 0 Å². The predicted octanol–water partition coefficient (Wildman–Crippen LogP) is 5.95. The molecule has 3 aromatic carbocycles. The summed E-state index contributed by atoms with van der Waals surface area (Å²) in [5.41, 5.74) is 4.84. The zero-order valence-corrected chi connectivity index (χ0v) is 20.1. The molecule has 184 valence electrons. The fraction of sp³-hybridized carbons (Fsp3) is 0.172. The summed E-state index contributed by atoms with van der Waals surface area (Å²) in [4.78, 5) is 24.0. The quantitative estimate of drug-likeness (QED) is 0.312. The van der Waals surface area contributed by atoms with E-state index in [0.717, 1.165) is 22.3 Å². The Morgan fingerprint density at radius 3 is 2.22 bits per heavy atom. The molecule has 1 aliphatic carbocycles. The Bertz CT molecular complexity index is 1360. The van der Waals surface area contributed by atoms with Gasteiger partial charge in [-0.25, -0.2) is 9.18 Å². The number of carbonyl (C=O) groups excluding carboxylic acids is 1. The van der Waals surface area contributed by atoms with Gasteiger partial charge in [-0.2, -0.15) is 0 Å². The Hall–Kier alpha value is -4.39. The maximum atomic E-state index is 13.9. The lowest BCUT2D eigenvalue weighted by Crippen LogP contribution is -2.10. The fourth-order valence-corrected chi connectivity index (χ4v) is 4.31. The third kappa shape index (κ3) is 5.00. The van der Waals surface area contributed by atoms with E-state index in [2.05, 4.69) is 0 Å². The number of hydrogen-bond acceptors (Lipinski definition) is 5. The van der Waals surface area contributed by atoms with E-state index in [1.165, 1.54) is 26.4 Å². The monoisotopic (exact) mass is 488 g/mol. The standard InChI is InChI=1S/C29H25FO6/c1-17-21(22-12-10-20(30)15-24(22)23(17)16-27(31)32)11-9-18-13-25(34-2)28(26(14-18)35-3)36-29(33)19-7-5-4-6-8-19/h4-8,10-15H,9,16H2,1-3H3,(H,31,32)/b21-11-. The molecular weight excluding hydrogens is 463 g/mol.